The van der Waals surface area contributed by atoms with Gasteiger partial charge in [0, 0.05) is 12.1 Å². The molecule has 92 valence electrons. The van der Waals surface area contributed by atoms with Gasteiger partial charge in [-0.05, 0) is 43.9 Å². The van der Waals surface area contributed by atoms with Crippen molar-refractivity contribution < 1.29 is 9.90 Å². The molecule has 0 spiro atoms. The third-order valence-corrected chi connectivity index (χ3v) is 3.35. The highest BCUT2D eigenvalue weighted by molar-refractivity contribution is 5.96. The molecular formula is C13H18N2O2. The molecule has 1 aliphatic rings. The molecule has 0 atom stereocenters. The number of phenols is 1. The highest BCUT2D eigenvalue weighted by atomic mass is 16.3. The third-order valence-electron chi connectivity index (χ3n) is 3.35. The minimum atomic E-state index is -0.265. The summed E-state index contributed by atoms with van der Waals surface area (Å²) in [6, 6.07) is 5.01. The van der Waals surface area contributed by atoms with Crippen molar-refractivity contribution in [3.63, 3.8) is 0 Å². The number of nitrogens with one attached hydrogen (secondary N) is 1. The van der Waals surface area contributed by atoms with Crippen LogP contribution < -0.4 is 11.1 Å². The van der Waals surface area contributed by atoms with Crippen molar-refractivity contribution in [3.8, 4) is 5.75 Å². The van der Waals surface area contributed by atoms with Crippen molar-refractivity contribution in [1.29, 1.82) is 0 Å². The molecule has 1 saturated carbocycles. The Bertz CT molecular complexity index is 439. The molecule has 1 amide bonds. The van der Waals surface area contributed by atoms with Crippen LogP contribution in [0.4, 0.5) is 0 Å². The van der Waals surface area contributed by atoms with Gasteiger partial charge in [0.15, 0.2) is 0 Å². The predicted molar refractivity (Wildman–Crippen MR) is 65.9 cm³/mol. The van der Waals surface area contributed by atoms with Crippen LogP contribution in [0.5, 0.6) is 5.75 Å². The van der Waals surface area contributed by atoms with Gasteiger partial charge in [-0.1, -0.05) is 6.07 Å². The average molecular weight is 234 g/mol. The van der Waals surface area contributed by atoms with Crippen LogP contribution in [0.2, 0.25) is 0 Å². The monoisotopic (exact) mass is 234 g/mol. The van der Waals surface area contributed by atoms with Crippen molar-refractivity contribution in [2.75, 3.05) is 6.54 Å². The number of hydrogen-bond donors (Lipinski definition) is 3. The third kappa shape index (κ3) is 2.58. The number of aryl methyl sites for hydroxylation is 1. The lowest BCUT2D eigenvalue weighted by Gasteiger charge is -2.38. The van der Waals surface area contributed by atoms with E-state index < -0.39 is 0 Å². The molecule has 0 bridgehead atoms. The number of amides is 1. The smallest absolute Gasteiger partial charge is 0.255 e. The Kier molecular flexibility index (Phi) is 3.07. The van der Waals surface area contributed by atoms with Crippen LogP contribution in [-0.4, -0.2) is 23.1 Å². The fourth-order valence-corrected chi connectivity index (χ4v) is 1.99. The van der Waals surface area contributed by atoms with E-state index in [1.807, 2.05) is 6.92 Å². The second kappa shape index (κ2) is 4.37. The van der Waals surface area contributed by atoms with Crippen molar-refractivity contribution in [1.82, 2.24) is 5.32 Å². The molecule has 17 heavy (non-hydrogen) atoms. The SMILES string of the molecule is Cc1ccc(C(=O)NCC2(N)CCC2)c(O)c1. The fraction of sp³-hybridized carbons (Fsp3) is 0.462. The van der Waals surface area contributed by atoms with E-state index in [1.165, 1.54) is 0 Å². The normalized spacial score (nSPS) is 17.3. The second-order valence-corrected chi connectivity index (χ2v) is 4.92. The zero-order chi connectivity index (χ0) is 12.5. The van der Waals surface area contributed by atoms with Gasteiger partial charge in [-0.3, -0.25) is 4.79 Å². The highest BCUT2D eigenvalue weighted by Crippen LogP contribution is 2.28. The Balaban J connectivity index is 1.99. The zero-order valence-electron chi connectivity index (χ0n) is 9.99. The Hall–Kier alpha value is -1.55. The summed E-state index contributed by atoms with van der Waals surface area (Å²) in [5.41, 5.74) is 7.00. The number of aromatic hydroxyl groups is 1. The number of carbonyl (C=O) groups is 1. The summed E-state index contributed by atoms with van der Waals surface area (Å²) < 4.78 is 0. The zero-order valence-corrected chi connectivity index (χ0v) is 9.99. The Morgan fingerprint density at radius 1 is 1.53 bits per heavy atom. The molecule has 1 aromatic rings. The lowest BCUT2D eigenvalue weighted by Crippen LogP contribution is -2.54. The maximum atomic E-state index is 11.8. The first-order chi connectivity index (χ1) is 8.00. The van der Waals surface area contributed by atoms with Crippen LogP contribution >= 0.6 is 0 Å². The molecule has 1 aromatic carbocycles. The molecule has 4 heteroatoms. The maximum absolute atomic E-state index is 11.8. The molecule has 0 unspecified atom stereocenters. The highest BCUT2D eigenvalue weighted by Gasteiger charge is 2.32. The van der Waals surface area contributed by atoms with Gasteiger partial charge < -0.3 is 16.2 Å². The van der Waals surface area contributed by atoms with E-state index in [4.69, 9.17) is 5.73 Å². The standard InChI is InChI=1S/C13H18N2O2/c1-9-3-4-10(11(16)7-9)12(17)15-8-13(14)5-2-6-13/h3-4,7,16H,2,5-6,8,14H2,1H3,(H,15,17). The Labute approximate surface area is 101 Å². The first kappa shape index (κ1) is 11.9. The molecule has 2 rings (SSSR count). The van der Waals surface area contributed by atoms with Gasteiger partial charge in [0.2, 0.25) is 0 Å². The van der Waals surface area contributed by atoms with Gasteiger partial charge >= 0.3 is 0 Å². The minimum absolute atomic E-state index is 0.0159. The molecule has 1 aliphatic carbocycles. The fourth-order valence-electron chi connectivity index (χ4n) is 1.99. The van der Waals surface area contributed by atoms with E-state index in [0.717, 1.165) is 24.8 Å². The Morgan fingerprint density at radius 2 is 2.24 bits per heavy atom. The quantitative estimate of drug-likeness (QED) is 0.738. The summed E-state index contributed by atoms with van der Waals surface area (Å²) in [7, 11) is 0. The van der Waals surface area contributed by atoms with E-state index in [-0.39, 0.29) is 17.2 Å². The molecule has 4 N–H and O–H groups in total. The van der Waals surface area contributed by atoms with Crippen molar-refractivity contribution in [3.05, 3.63) is 29.3 Å². The van der Waals surface area contributed by atoms with Gasteiger partial charge in [-0.25, -0.2) is 0 Å². The lowest BCUT2D eigenvalue weighted by atomic mass is 9.78. The summed E-state index contributed by atoms with van der Waals surface area (Å²) >= 11 is 0. The van der Waals surface area contributed by atoms with E-state index in [1.54, 1.807) is 18.2 Å². The summed E-state index contributed by atoms with van der Waals surface area (Å²) in [5, 5.41) is 12.4. The molecular weight excluding hydrogens is 216 g/mol. The summed E-state index contributed by atoms with van der Waals surface area (Å²) in [5.74, 6) is -0.249. The van der Waals surface area contributed by atoms with Gasteiger partial charge in [0.05, 0.1) is 5.56 Å². The predicted octanol–water partition coefficient (Wildman–Crippen LogP) is 1.31. The summed E-state index contributed by atoms with van der Waals surface area (Å²) in [4.78, 5) is 11.8. The van der Waals surface area contributed by atoms with Gasteiger partial charge in [0.25, 0.3) is 5.91 Å². The summed E-state index contributed by atoms with van der Waals surface area (Å²) in [6.45, 7) is 2.34. The van der Waals surface area contributed by atoms with Crippen LogP contribution in [0.25, 0.3) is 0 Å². The van der Waals surface area contributed by atoms with E-state index >= 15 is 0 Å². The molecule has 1 fully saturated rings. The number of nitrogens with two attached hydrogens (primary N) is 1. The summed E-state index contributed by atoms with van der Waals surface area (Å²) in [6.07, 6.45) is 3.03. The lowest BCUT2D eigenvalue weighted by molar-refractivity contribution is 0.0927. The van der Waals surface area contributed by atoms with Gasteiger partial charge in [0.1, 0.15) is 5.75 Å². The van der Waals surface area contributed by atoms with Crippen LogP contribution in [0.15, 0.2) is 18.2 Å². The number of carbonyl (C=O) groups excluding carboxylic acids is 1. The number of benzene rings is 1. The average Bonchev–Trinajstić information content (AvgIpc) is 2.23. The van der Waals surface area contributed by atoms with Crippen LogP contribution in [-0.2, 0) is 0 Å². The van der Waals surface area contributed by atoms with Crippen molar-refractivity contribution in [2.24, 2.45) is 5.73 Å². The van der Waals surface area contributed by atoms with E-state index in [0.29, 0.717) is 12.1 Å². The molecule has 0 radical (unpaired) electrons. The van der Waals surface area contributed by atoms with Gasteiger partial charge in [-0.2, -0.15) is 0 Å². The first-order valence-corrected chi connectivity index (χ1v) is 5.87. The molecule has 0 aromatic heterocycles. The topological polar surface area (TPSA) is 75.4 Å². The van der Waals surface area contributed by atoms with E-state index in [2.05, 4.69) is 5.32 Å². The Morgan fingerprint density at radius 3 is 2.76 bits per heavy atom. The molecule has 0 heterocycles. The second-order valence-electron chi connectivity index (χ2n) is 4.92. The number of hydrogen-bond acceptors (Lipinski definition) is 3. The number of phenolic OH excluding ortho intramolecular Hbond substituents is 1. The first-order valence-electron chi connectivity index (χ1n) is 5.87. The van der Waals surface area contributed by atoms with Crippen molar-refractivity contribution >= 4 is 5.91 Å². The maximum Gasteiger partial charge on any atom is 0.255 e. The largest absolute Gasteiger partial charge is 0.507 e. The minimum Gasteiger partial charge on any atom is -0.507 e. The van der Waals surface area contributed by atoms with Crippen LogP contribution in [0.1, 0.15) is 35.2 Å². The van der Waals surface area contributed by atoms with E-state index in [9.17, 15) is 9.90 Å². The van der Waals surface area contributed by atoms with Crippen LogP contribution in [0.3, 0.4) is 0 Å². The van der Waals surface area contributed by atoms with Crippen molar-refractivity contribution in [2.45, 2.75) is 31.7 Å². The number of rotatable bonds is 3. The molecule has 0 aliphatic heterocycles. The van der Waals surface area contributed by atoms with Crippen LogP contribution in [0, 0.1) is 6.92 Å². The molecule has 4 nitrogen and oxygen atoms in total. The van der Waals surface area contributed by atoms with Gasteiger partial charge in [-0.15, -0.1) is 0 Å². The molecule has 0 saturated heterocycles.